The van der Waals surface area contributed by atoms with Crippen molar-refractivity contribution in [3.05, 3.63) is 114 Å². The Morgan fingerprint density at radius 2 is 1.70 bits per heavy atom. The first kappa shape index (κ1) is 23.9. The van der Waals surface area contributed by atoms with E-state index in [1.165, 1.54) is 24.3 Å². The van der Waals surface area contributed by atoms with E-state index in [9.17, 15) is 14.0 Å². The molecule has 0 fully saturated rings. The zero-order valence-electron chi connectivity index (χ0n) is 20.0. The van der Waals surface area contributed by atoms with Gasteiger partial charge in [-0.05, 0) is 78.4 Å². The molecule has 0 unspecified atom stereocenters. The number of rotatable bonds is 7. The fourth-order valence-electron chi connectivity index (χ4n) is 4.15. The monoisotopic (exact) mass is 497 g/mol. The molecule has 0 bridgehead atoms. The molecule has 7 nitrogen and oxygen atoms in total. The average molecular weight is 498 g/mol. The zero-order chi connectivity index (χ0) is 25.8. The summed E-state index contributed by atoms with van der Waals surface area (Å²) < 4.78 is 24.1. The SMILES string of the molecule is COc1ccc(N2C(=O)c3ccccc3N[C@@H]2c2cccc(OCC(=O)Nc3ccc(F)cc3)c2)cc1. The summed E-state index contributed by atoms with van der Waals surface area (Å²) in [6, 6.07) is 27.4. The van der Waals surface area contributed by atoms with Crippen molar-refractivity contribution in [1.29, 1.82) is 0 Å². The maximum Gasteiger partial charge on any atom is 0.262 e. The summed E-state index contributed by atoms with van der Waals surface area (Å²) in [6.07, 6.45) is -0.521. The molecule has 2 N–H and O–H groups in total. The van der Waals surface area contributed by atoms with Crippen molar-refractivity contribution >= 4 is 28.9 Å². The van der Waals surface area contributed by atoms with Gasteiger partial charge in [-0.3, -0.25) is 14.5 Å². The number of carbonyl (C=O) groups excluding carboxylic acids is 2. The molecule has 0 radical (unpaired) electrons. The Balaban J connectivity index is 1.38. The summed E-state index contributed by atoms with van der Waals surface area (Å²) >= 11 is 0. The van der Waals surface area contributed by atoms with Crippen molar-refractivity contribution in [2.75, 3.05) is 29.3 Å². The molecule has 4 aromatic rings. The number of carbonyl (C=O) groups is 2. The van der Waals surface area contributed by atoms with Crippen LogP contribution in [0.5, 0.6) is 11.5 Å². The molecule has 37 heavy (non-hydrogen) atoms. The lowest BCUT2D eigenvalue weighted by atomic mass is 10.0. The molecule has 1 aliphatic heterocycles. The van der Waals surface area contributed by atoms with Gasteiger partial charge < -0.3 is 20.1 Å². The van der Waals surface area contributed by atoms with Crippen molar-refractivity contribution < 1.29 is 23.5 Å². The van der Waals surface area contributed by atoms with Gasteiger partial charge in [0.2, 0.25) is 0 Å². The highest BCUT2D eigenvalue weighted by atomic mass is 19.1. The van der Waals surface area contributed by atoms with E-state index in [0.717, 1.165) is 11.3 Å². The zero-order valence-corrected chi connectivity index (χ0v) is 20.0. The van der Waals surface area contributed by atoms with Gasteiger partial charge in [0.25, 0.3) is 11.8 Å². The number of para-hydroxylation sites is 1. The van der Waals surface area contributed by atoms with E-state index in [0.29, 0.717) is 28.4 Å². The number of fused-ring (bicyclic) bond motifs is 1. The molecule has 0 saturated carbocycles. The third-order valence-electron chi connectivity index (χ3n) is 5.95. The van der Waals surface area contributed by atoms with Crippen LogP contribution in [-0.2, 0) is 4.79 Å². The van der Waals surface area contributed by atoms with E-state index >= 15 is 0 Å². The maximum absolute atomic E-state index is 13.6. The summed E-state index contributed by atoms with van der Waals surface area (Å²) in [5.74, 6) is 0.250. The minimum Gasteiger partial charge on any atom is -0.497 e. The summed E-state index contributed by atoms with van der Waals surface area (Å²) in [6.45, 7) is -0.233. The molecule has 1 aliphatic rings. The summed E-state index contributed by atoms with van der Waals surface area (Å²) in [5, 5.41) is 6.12. The molecule has 0 aliphatic carbocycles. The number of nitrogens with one attached hydrogen (secondary N) is 2. The van der Waals surface area contributed by atoms with Crippen molar-refractivity contribution in [2.45, 2.75) is 6.17 Å². The standard InChI is InChI=1S/C29H24FN3O4/c1-36-23-15-13-22(14-16-23)33-28(32-26-8-3-2-7-25(26)29(33)35)19-5-4-6-24(17-19)37-18-27(34)31-21-11-9-20(30)10-12-21/h2-17,28,32H,18H2,1H3,(H,31,34)/t28-/m0/s1. The van der Waals surface area contributed by atoms with Crippen molar-refractivity contribution in [3.8, 4) is 11.5 Å². The molecule has 4 aromatic carbocycles. The quantitative estimate of drug-likeness (QED) is 0.346. The average Bonchev–Trinajstić information content (AvgIpc) is 2.93. The second kappa shape index (κ2) is 10.4. The van der Waals surface area contributed by atoms with Crippen LogP contribution in [0.25, 0.3) is 0 Å². The van der Waals surface area contributed by atoms with Gasteiger partial charge in [-0.25, -0.2) is 4.39 Å². The highest BCUT2D eigenvalue weighted by molar-refractivity contribution is 6.12. The van der Waals surface area contributed by atoms with Crippen LogP contribution >= 0.6 is 0 Å². The second-order valence-electron chi connectivity index (χ2n) is 8.38. The summed E-state index contributed by atoms with van der Waals surface area (Å²) in [5.41, 5.74) is 3.24. The molecule has 1 atom stereocenters. The van der Waals surface area contributed by atoms with Crippen molar-refractivity contribution in [1.82, 2.24) is 0 Å². The number of benzene rings is 4. The van der Waals surface area contributed by atoms with Gasteiger partial charge in [-0.15, -0.1) is 0 Å². The van der Waals surface area contributed by atoms with Crippen LogP contribution in [0.2, 0.25) is 0 Å². The maximum atomic E-state index is 13.6. The van der Waals surface area contributed by atoms with Gasteiger partial charge in [0.15, 0.2) is 6.61 Å². The molecule has 0 saturated heterocycles. The van der Waals surface area contributed by atoms with Gasteiger partial charge in [-0.2, -0.15) is 0 Å². The van der Waals surface area contributed by atoms with Crippen LogP contribution in [0.15, 0.2) is 97.1 Å². The smallest absolute Gasteiger partial charge is 0.262 e. The Bertz CT molecular complexity index is 1420. The van der Waals surface area contributed by atoms with Gasteiger partial charge in [0.1, 0.15) is 23.5 Å². The van der Waals surface area contributed by atoms with Crippen molar-refractivity contribution in [3.63, 3.8) is 0 Å². The molecule has 186 valence electrons. The van der Waals surface area contributed by atoms with Crippen molar-refractivity contribution in [2.24, 2.45) is 0 Å². The Kier molecular flexibility index (Phi) is 6.72. The summed E-state index contributed by atoms with van der Waals surface area (Å²) in [7, 11) is 1.59. The van der Waals surface area contributed by atoms with E-state index in [1.54, 1.807) is 48.4 Å². The topological polar surface area (TPSA) is 79.9 Å². The number of ether oxygens (including phenoxy) is 2. The summed E-state index contributed by atoms with van der Waals surface area (Å²) in [4.78, 5) is 27.6. The number of hydrogen-bond donors (Lipinski definition) is 2. The van der Waals surface area contributed by atoms with E-state index in [4.69, 9.17) is 9.47 Å². The van der Waals surface area contributed by atoms with Crippen LogP contribution in [0.1, 0.15) is 22.1 Å². The first-order chi connectivity index (χ1) is 18.0. The second-order valence-corrected chi connectivity index (χ2v) is 8.38. The Hall–Kier alpha value is -4.85. The Morgan fingerprint density at radius 3 is 2.46 bits per heavy atom. The predicted molar refractivity (Wildman–Crippen MR) is 140 cm³/mol. The molecule has 2 amide bonds. The van der Waals surface area contributed by atoms with Gasteiger partial charge in [0.05, 0.1) is 12.7 Å². The molecule has 1 heterocycles. The Labute approximate surface area is 213 Å². The third-order valence-corrected chi connectivity index (χ3v) is 5.95. The van der Waals surface area contributed by atoms with Gasteiger partial charge in [0, 0.05) is 17.1 Å². The van der Waals surface area contributed by atoms with E-state index < -0.39 is 6.17 Å². The lowest BCUT2D eigenvalue weighted by Crippen LogP contribution is -2.43. The van der Waals surface area contributed by atoms with E-state index in [2.05, 4.69) is 10.6 Å². The predicted octanol–water partition coefficient (Wildman–Crippen LogP) is 5.62. The highest BCUT2D eigenvalue weighted by Crippen LogP contribution is 2.37. The molecule has 8 heteroatoms. The first-order valence-electron chi connectivity index (χ1n) is 11.6. The van der Waals surface area contributed by atoms with Crippen LogP contribution < -0.4 is 25.0 Å². The molecule has 0 spiro atoms. The number of anilines is 3. The highest BCUT2D eigenvalue weighted by Gasteiger charge is 2.34. The third kappa shape index (κ3) is 5.23. The first-order valence-corrected chi connectivity index (χ1v) is 11.6. The van der Waals surface area contributed by atoms with Crippen LogP contribution in [0.4, 0.5) is 21.5 Å². The molecular weight excluding hydrogens is 473 g/mol. The largest absolute Gasteiger partial charge is 0.497 e. The molecule has 5 rings (SSSR count). The minimum absolute atomic E-state index is 0.144. The Morgan fingerprint density at radius 1 is 0.946 bits per heavy atom. The number of methoxy groups -OCH3 is 1. The number of amides is 2. The minimum atomic E-state index is -0.521. The van der Waals surface area contributed by atoms with Crippen LogP contribution in [0, 0.1) is 5.82 Å². The number of halogens is 1. The lowest BCUT2D eigenvalue weighted by molar-refractivity contribution is -0.118. The normalized spacial score (nSPS) is 14.4. The van der Waals surface area contributed by atoms with Gasteiger partial charge >= 0.3 is 0 Å². The lowest BCUT2D eigenvalue weighted by Gasteiger charge is -2.38. The molecule has 0 aromatic heterocycles. The van der Waals surface area contributed by atoms with E-state index in [1.807, 2.05) is 36.4 Å². The fourth-order valence-corrected chi connectivity index (χ4v) is 4.15. The number of hydrogen-bond acceptors (Lipinski definition) is 5. The van der Waals surface area contributed by atoms with E-state index in [-0.39, 0.29) is 24.2 Å². The fraction of sp³-hybridized carbons (Fsp3) is 0.103. The van der Waals surface area contributed by atoms with Gasteiger partial charge in [-0.1, -0.05) is 24.3 Å². The molecular formula is C29H24FN3O4. The number of nitrogens with zero attached hydrogens (tertiary/aromatic N) is 1. The van der Waals surface area contributed by atoms with Crippen LogP contribution in [-0.4, -0.2) is 25.5 Å². The van der Waals surface area contributed by atoms with Crippen LogP contribution in [0.3, 0.4) is 0 Å².